The van der Waals surface area contributed by atoms with Gasteiger partial charge in [-0.3, -0.25) is 19.3 Å². The van der Waals surface area contributed by atoms with Gasteiger partial charge < -0.3 is 10.2 Å². The predicted molar refractivity (Wildman–Crippen MR) is 140 cm³/mol. The third kappa shape index (κ3) is 4.89. The summed E-state index contributed by atoms with van der Waals surface area (Å²) in [6.07, 6.45) is 1.22. The molecule has 7 heteroatoms. The van der Waals surface area contributed by atoms with Crippen molar-refractivity contribution in [3.8, 4) is 0 Å². The van der Waals surface area contributed by atoms with E-state index in [9.17, 15) is 14.4 Å². The van der Waals surface area contributed by atoms with Gasteiger partial charge in [0, 0.05) is 28.6 Å². The minimum absolute atomic E-state index is 0.0129. The summed E-state index contributed by atoms with van der Waals surface area (Å²) >= 11 is 6.41. The molecule has 0 fully saturated rings. The Morgan fingerprint density at radius 3 is 2.40 bits per heavy atom. The van der Waals surface area contributed by atoms with Crippen LogP contribution in [0, 0.1) is 0 Å². The van der Waals surface area contributed by atoms with E-state index >= 15 is 0 Å². The van der Waals surface area contributed by atoms with Crippen LogP contribution in [0.25, 0.3) is 10.8 Å². The van der Waals surface area contributed by atoms with Crippen LogP contribution in [-0.4, -0.2) is 41.2 Å². The Hall–Kier alpha value is -3.38. The van der Waals surface area contributed by atoms with Gasteiger partial charge in [-0.05, 0) is 48.9 Å². The zero-order valence-electron chi connectivity index (χ0n) is 20.3. The second kappa shape index (κ2) is 10.5. The number of hydrogen-bond acceptors (Lipinski definition) is 3. The number of nitrogens with zero attached hydrogens (tertiary/aromatic N) is 2. The summed E-state index contributed by atoms with van der Waals surface area (Å²) in [5, 5.41) is 5.34. The molecule has 0 aromatic heterocycles. The SMILES string of the molecule is CCC(C)NC(=O)C(CC)N(Cc1ccccc1Cl)C(=O)CN1C(=O)c2cccc3cccc1c23. The number of amides is 3. The summed E-state index contributed by atoms with van der Waals surface area (Å²) < 4.78 is 0. The molecule has 0 aliphatic carbocycles. The van der Waals surface area contributed by atoms with E-state index in [-0.39, 0.29) is 36.9 Å². The highest BCUT2D eigenvalue weighted by Crippen LogP contribution is 2.37. The lowest BCUT2D eigenvalue weighted by Crippen LogP contribution is -2.53. The Kier molecular flexibility index (Phi) is 7.41. The molecule has 1 aliphatic heterocycles. The molecule has 0 bridgehead atoms. The van der Waals surface area contributed by atoms with Crippen molar-refractivity contribution in [3.63, 3.8) is 0 Å². The van der Waals surface area contributed by atoms with Crippen LogP contribution in [-0.2, 0) is 16.1 Å². The van der Waals surface area contributed by atoms with Gasteiger partial charge in [-0.15, -0.1) is 0 Å². The van der Waals surface area contributed by atoms with Crippen molar-refractivity contribution in [2.24, 2.45) is 0 Å². The number of anilines is 1. The summed E-state index contributed by atoms with van der Waals surface area (Å²) in [4.78, 5) is 43.3. The second-order valence-electron chi connectivity index (χ2n) is 8.93. The predicted octanol–water partition coefficient (Wildman–Crippen LogP) is 5.18. The number of hydrogen-bond donors (Lipinski definition) is 1. The zero-order valence-corrected chi connectivity index (χ0v) is 21.0. The highest BCUT2D eigenvalue weighted by Gasteiger charge is 2.35. The fraction of sp³-hybridized carbons (Fsp3) is 0.321. The highest BCUT2D eigenvalue weighted by atomic mass is 35.5. The van der Waals surface area contributed by atoms with Gasteiger partial charge in [0.1, 0.15) is 12.6 Å². The lowest BCUT2D eigenvalue weighted by molar-refractivity contribution is -0.140. The summed E-state index contributed by atoms with van der Waals surface area (Å²) in [6.45, 7) is 5.82. The van der Waals surface area contributed by atoms with Gasteiger partial charge in [-0.2, -0.15) is 0 Å². The Balaban J connectivity index is 1.66. The van der Waals surface area contributed by atoms with E-state index in [2.05, 4.69) is 5.32 Å². The normalized spacial score (nSPS) is 14.2. The molecule has 0 radical (unpaired) electrons. The largest absolute Gasteiger partial charge is 0.352 e. The molecule has 0 saturated heterocycles. The second-order valence-corrected chi connectivity index (χ2v) is 9.33. The summed E-state index contributed by atoms with van der Waals surface area (Å²) in [6, 6.07) is 17.9. The van der Waals surface area contributed by atoms with Crippen LogP contribution in [0.1, 0.15) is 49.5 Å². The molecule has 3 aromatic rings. The number of benzene rings is 3. The van der Waals surface area contributed by atoms with Crippen molar-refractivity contribution < 1.29 is 14.4 Å². The van der Waals surface area contributed by atoms with Crippen LogP contribution in [0.3, 0.4) is 0 Å². The van der Waals surface area contributed by atoms with Crippen LogP contribution in [0.4, 0.5) is 5.69 Å². The molecule has 3 aromatic carbocycles. The maximum atomic E-state index is 13.8. The third-order valence-electron chi connectivity index (χ3n) is 6.63. The topological polar surface area (TPSA) is 69.7 Å². The first-order chi connectivity index (χ1) is 16.8. The minimum atomic E-state index is -0.691. The average Bonchev–Trinajstić information content (AvgIpc) is 3.12. The summed E-state index contributed by atoms with van der Waals surface area (Å²) in [5.41, 5.74) is 2.05. The van der Waals surface area contributed by atoms with E-state index in [1.54, 1.807) is 17.0 Å². The third-order valence-corrected chi connectivity index (χ3v) is 7.00. The van der Waals surface area contributed by atoms with Crippen molar-refractivity contribution in [3.05, 3.63) is 76.8 Å². The Morgan fingerprint density at radius 2 is 1.71 bits per heavy atom. The zero-order chi connectivity index (χ0) is 25.1. The van der Waals surface area contributed by atoms with Gasteiger partial charge >= 0.3 is 0 Å². The molecule has 0 spiro atoms. The molecular formula is C28H30ClN3O3. The summed E-state index contributed by atoms with van der Waals surface area (Å²) in [5.74, 6) is -0.727. The van der Waals surface area contributed by atoms with Crippen LogP contribution in [0.15, 0.2) is 60.7 Å². The maximum absolute atomic E-state index is 13.8. The fourth-order valence-electron chi connectivity index (χ4n) is 4.53. The molecule has 6 nitrogen and oxygen atoms in total. The molecule has 1 aliphatic rings. The molecule has 4 rings (SSSR count). The van der Waals surface area contributed by atoms with Crippen LogP contribution < -0.4 is 10.2 Å². The first-order valence-corrected chi connectivity index (χ1v) is 12.4. The van der Waals surface area contributed by atoms with E-state index < -0.39 is 6.04 Å². The molecule has 2 atom stereocenters. The molecule has 1 heterocycles. The first kappa shape index (κ1) is 24.7. The quantitative estimate of drug-likeness (QED) is 0.448. The average molecular weight is 492 g/mol. The van der Waals surface area contributed by atoms with E-state index in [1.165, 1.54) is 4.90 Å². The number of carbonyl (C=O) groups excluding carboxylic acids is 3. The molecule has 35 heavy (non-hydrogen) atoms. The Labute approximate surface area is 210 Å². The molecule has 182 valence electrons. The van der Waals surface area contributed by atoms with Gasteiger partial charge in [0.25, 0.3) is 5.91 Å². The molecule has 2 unspecified atom stereocenters. The molecule has 3 amide bonds. The smallest absolute Gasteiger partial charge is 0.259 e. The molecule has 0 saturated carbocycles. The fourth-order valence-corrected chi connectivity index (χ4v) is 4.73. The van der Waals surface area contributed by atoms with E-state index in [0.29, 0.717) is 22.7 Å². The van der Waals surface area contributed by atoms with Gasteiger partial charge in [0.05, 0.1) is 5.69 Å². The van der Waals surface area contributed by atoms with E-state index in [4.69, 9.17) is 11.6 Å². The monoisotopic (exact) mass is 491 g/mol. The number of rotatable bonds is 9. The molecular weight excluding hydrogens is 462 g/mol. The molecule has 1 N–H and O–H groups in total. The van der Waals surface area contributed by atoms with Crippen molar-refractivity contribution in [1.29, 1.82) is 0 Å². The lowest BCUT2D eigenvalue weighted by Gasteiger charge is -2.33. The minimum Gasteiger partial charge on any atom is -0.352 e. The first-order valence-electron chi connectivity index (χ1n) is 12.0. The van der Waals surface area contributed by atoms with Crippen molar-refractivity contribution in [2.75, 3.05) is 11.4 Å². The van der Waals surface area contributed by atoms with Crippen molar-refractivity contribution in [2.45, 2.75) is 52.2 Å². The highest BCUT2D eigenvalue weighted by molar-refractivity contribution is 6.31. The van der Waals surface area contributed by atoms with Crippen LogP contribution >= 0.6 is 11.6 Å². The van der Waals surface area contributed by atoms with E-state index in [0.717, 1.165) is 22.8 Å². The van der Waals surface area contributed by atoms with Gasteiger partial charge in [0.2, 0.25) is 11.8 Å². The van der Waals surface area contributed by atoms with Crippen LogP contribution in [0.2, 0.25) is 5.02 Å². The number of halogens is 1. The number of nitrogens with one attached hydrogen (secondary N) is 1. The Morgan fingerprint density at radius 1 is 1.00 bits per heavy atom. The van der Waals surface area contributed by atoms with Crippen molar-refractivity contribution >= 4 is 45.8 Å². The standard InChI is InChI=1S/C28H30ClN3O3/c1-4-18(3)30-27(34)23(5-2)31(16-20-10-6-7-14-22(20)29)25(33)17-32-24-15-9-12-19-11-8-13-21(26(19)24)28(32)35/h6-15,18,23H,4-5,16-17H2,1-3H3,(H,30,34). The van der Waals surface area contributed by atoms with Gasteiger partial charge in [0.15, 0.2) is 0 Å². The summed E-state index contributed by atoms with van der Waals surface area (Å²) in [7, 11) is 0. The van der Waals surface area contributed by atoms with Gasteiger partial charge in [-0.25, -0.2) is 0 Å². The Bertz CT molecular complexity index is 1270. The maximum Gasteiger partial charge on any atom is 0.259 e. The number of carbonyl (C=O) groups is 3. The van der Waals surface area contributed by atoms with Crippen LogP contribution in [0.5, 0.6) is 0 Å². The van der Waals surface area contributed by atoms with Gasteiger partial charge in [-0.1, -0.05) is 67.9 Å². The van der Waals surface area contributed by atoms with E-state index in [1.807, 2.05) is 69.3 Å². The lowest BCUT2D eigenvalue weighted by atomic mass is 10.1. The van der Waals surface area contributed by atoms with Crippen molar-refractivity contribution in [1.82, 2.24) is 10.2 Å².